The van der Waals surface area contributed by atoms with E-state index in [-0.39, 0.29) is 5.97 Å². The van der Waals surface area contributed by atoms with E-state index in [9.17, 15) is 9.90 Å². The highest BCUT2D eigenvalue weighted by Crippen LogP contribution is 2.18. The van der Waals surface area contributed by atoms with E-state index in [0.29, 0.717) is 0 Å². The van der Waals surface area contributed by atoms with Crippen molar-refractivity contribution >= 4 is 5.97 Å². The molecule has 3 heteroatoms. The van der Waals surface area contributed by atoms with Crippen molar-refractivity contribution < 1.29 is 14.6 Å². The van der Waals surface area contributed by atoms with Crippen LogP contribution in [0.4, 0.5) is 0 Å². The van der Waals surface area contributed by atoms with Gasteiger partial charge in [-0.1, -0.05) is 30.3 Å². The molecule has 14 heavy (non-hydrogen) atoms. The van der Waals surface area contributed by atoms with Crippen molar-refractivity contribution in [3.63, 3.8) is 0 Å². The Morgan fingerprint density at radius 1 is 1.36 bits per heavy atom. The van der Waals surface area contributed by atoms with E-state index in [1.54, 1.807) is 19.1 Å². The Morgan fingerprint density at radius 3 is 2.43 bits per heavy atom. The van der Waals surface area contributed by atoms with E-state index < -0.39 is 12.2 Å². The maximum Gasteiger partial charge on any atom is 0.302 e. The van der Waals surface area contributed by atoms with Crippen LogP contribution in [0.25, 0.3) is 0 Å². The molecule has 0 aliphatic rings. The molecule has 0 aliphatic heterocycles. The molecular formula is C11H14O3. The molecule has 0 spiro atoms. The Labute approximate surface area is 83.3 Å². The van der Waals surface area contributed by atoms with Crippen LogP contribution in [-0.2, 0) is 9.53 Å². The van der Waals surface area contributed by atoms with Gasteiger partial charge in [0.05, 0.1) is 0 Å². The molecule has 0 bridgehead atoms. The van der Waals surface area contributed by atoms with Crippen LogP contribution in [0.5, 0.6) is 0 Å². The smallest absolute Gasteiger partial charge is 0.302 e. The zero-order chi connectivity index (χ0) is 10.6. The van der Waals surface area contributed by atoms with Gasteiger partial charge in [0, 0.05) is 6.92 Å². The summed E-state index contributed by atoms with van der Waals surface area (Å²) in [5.41, 5.74) is 0.751. The highest BCUT2D eigenvalue weighted by Gasteiger charge is 2.18. The molecule has 0 saturated carbocycles. The second-order valence-electron chi connectivity index (χ2n) is 3.17. The van der Waals surface area contributed by atoms with Crippen LogP contribution in [-0.4, -0.2) is 17.2 Å². The number of aliphatic hydroxyl groups excluding tert-OH is 1. The lowest BCUT2D eigenvalue weighted by Crippen LogP contribution is -2.20. The third-order valence-electron chi connectivity index (χ3n) is 1.94. The van der Waals surface area contributed by atoms with Crippen molar-refractivity contribution in [3.8, 4) is 0 Å². The molecule has 0 fully saturated rings. The summed E-state index contributed by atoms with van der Waals surface area (Å²) in [6.45, 7) is 2.99. The Hall–Kier alpha value is -1.35. The summed E-state index contributed by atoms with van der Waals surface area (Å²) in [5.74, 6) is -0.382. The molecule has 0 heterocycles. The lowest BCUT2D eigenvalue weighted by molar-refractivity contribution is -0.151. The van der Waals surface area contributed by atoms with Crippen molar-refractivity contribution in [2.45, 2.75) is 26.1 Å². The molecule has 2 atom stereocenters. The average molecular weight is 194 g/mol. The first-order valence-electron chi connectivity index (χ1n) is 4.51. The van der Waals surface area contributed by atoms with Gasteiger partial charge in [0.25, 0.3) is 0 Å². The molecule has 0 amide bonds. The van der Waals surface area contributed by atoms with E-state index in [0.717, 1.165) is 5.56 Å². The number of hydrogen-bond donors (Lipinski definition) is 1. The molecule has 76 valence electrons. The van der Waals surface area contributed by atoms with Crippen LogP contribution < -0.4 is 0 Å². The van der Waals surface area contributed by atoms with Crippen LogP contribution in [0.2, 0.25) is 0 Å². The second-order valence-corrected chi connectivity index (χ2v) is 3.17. The van der Waals surface area contributed by atoms with E-state index in [4.69, 9.17) is 4.74 Å². The molecule has 1 aromatic rings. The zero-order valence-electron chi connectivity index (χ0n) is 8.31. The molecule has 2 unspecified atom stereocenters. The molecule has 0 aliphatic carbocycles. The van der Waals surface area contributed by atoms with Crippen LogP contribution >= 0.6 is 0 Å². The third kappa shape index (κ3) is 2.85. The fourth-order valence-corrected chi connectivity index (χ4v) is 1.25. The first-order valence-corrected chi connectivity index (χ1v) is 4.51. The first-order chi connectivity index (χ1) is 6.61. The van der Waals surface area contributed by atoms with Gasteiger partial charge >= 0.3 is 5.97 Å². The van der Waals surface area contributed by atoms with Crippen LogP contribution in [0.3, 0.4) is 0 Å². The van der Waals surface area contributed by atoms with Crippen molar-refractivity contribution in [2.75, 3.05) is 0 Å². The second kappa shape index (κ2) is 4.77. The maximum atomic E-state index is 10.7. The Balaban J connectivity index is 2.65. The van der Waals surface area contributed by atoms with Gasteiger partial charge in [0.2, 0.25) is 0 Å². The van der Waals surface area contributed by atoms with E-state index in [1.165, 1.54) is 6.92 Å². The fourth-order valence-electron chi connectivity index (χ4n) is 1.25. The standard InChI is InChI=1S/C11H14O3/c1-8(14-9(2)12)11(13)10-6-4-3-5-7-10/h3-8,11,13H,1-2H3. The summed E-state index contributed by atoms with van der Waals surface area (Å²) in [7, 11) is 0. The van der Waals surface area contributed by atoms with Gasteiger partial charge in [-0.25, -0.2) is 0 Å². The van der Waals surface area contributed by atoms with Gasteiger partial charge < -0.3 is 9.84 Å². The molecule has 3 nitrogen and oxygen atoms in total. The minimum Gasteiger partial charge on any atom is -0.460 e. The van der Waals surface area contributed by atoms with Gasteiger partial charge in [0.1, 0.15) is 12.2 Å². The summed E-state index contributed by atoms with van der Waals surface area (Å²) < 4.78 is 4.88. The van der Waals surface area contributed by atoms with Crippen molar-refractivity contribution in [2.24, 2.45) is 0 Å². The molecule has 0 radical (unpaired) electrons. The number of carbonyl (C=O) groups excluding carboxylic acids is 1. The van der Waals surface area contributed by atoms with Gasteiger partial charge in [-0.15, -0.1) is 0 Å². The van der Waals surface area contributed by atoms with E-state index >= 15 is 0 Å². The van der Waals surface area contributed by atoms with E-state index in [1.807, 2.05) is 18.2 Å². The predicted molar refractivity (Wildman–Crippen MR) is 52.6 cm³/mol. The van der Waals surface area contributed by atoms with Gasteiger partial charge in [0.15, 0.2) is 0 Å². The summed E-state index contributed by atoms with van der Waals surface area (Å²) >= 11 is 0. The maximum absolute atomic E-state index is 10.7. The highest BCUT2D eigenvalue weighted by molar-refractivity contribution is 5.66. The summed E-state index contributed by atoms with van der Waals surface area (Å²) in [5, 5.41) is 9.76. The molecular weight excluding hydrogens is 180 g/mol. The first kappa shape index (κ1) is 10.7. The number of rotatable bonds is 3. The number of esters is 1. The lowest BCUT2D eigenvalue weighted by Gasteiger charge is -2.18. The minimum atomic E-state index is -0.764. The predicted octanol–water partition coefficient (Wildman–Crippen LogP) is 1.67. The number of hydrogen-bond acceptors (Lipinski definition) is 3. The Morgan fingerprint density at radius 2 is 1.93 bits per heavy atom. The van der Waals surface area contributed by atoms with Crippen molar-refractivity contribution in [1.29, 1.82) is 0 Å². The molecule has 1 rings (SSSR count). The average Bonchev–Trinajstić information content (AvgIpc) is 2.17. The molecule has 1 aromatic carbocycles. The normalized spacial score (nSPS) is 14.5. The Bertz CT molecular complexity index is 295. The minimum absolute atomic E-state index is 0.382. The summed E-state index contributed by atoms with van der Waals surface area (Å²) in [6, 6.07) is 9.13. The zero-order valence-corrected chi connectivity index (χ0v) is 8.31. The van der Waals surface area contributed by atoms with Gasteiger partial charge in [-0.3, -0.25) is 4.79 Å². The number of carbonyl (C=O) groups is 1. The molecule has 0 saturated heterocycles. The largest absolute Gasteiger partial charge is 0.460 e. The number of aliphatic hydroxyl groups is 1. The van der Waals surface area contributed by atoms with Crippen LogP contribution in [0, 0.1) is 0 Å². The summed E-state index contributed by atoms with van der Waals surface area (Å²) in [4.78, 5) is 10.7. The monoisotopic (exact) mass is 194 g/mol. The lowest BCUT2D eigenvalue weighted by atomic mass is 10.1. The quantitative estimate of drug-likeness (QED) is 0.744. The number of benzene rings is 1. The number of ether oxygens (including phenoxy) is 1. The van der Waals surface area contributed by atoms with E-state index in [2.05, 4.69) is 0 Å². The van der Waals surface area contributed by atoms with Crippen LogP contribution in [0.15, 0.2) is 30.3 Å². The topological polar surface area (TPSA) is 46.5 Å². The Kier molecular flexibility index (Phi) is 3.65. The highest BCUT2D eigenvalue weighted by atomic mass is 16.6. The third-order valence-corrected chi connectivity index (χ3v) is 1.94. The van der Waals surface area contributed by atoms with Gasteiger partial charge in [-0.05, 0) is 12.5 Å². The fraction of sp³-hybridized carbons (Fsp3) is 0.364. The van der Waals surface area contributed by atoms with Crippen LogP contribution in [0.1, 0.15) is 25.5 Å². The summed E-state index contributed by atoms with van der Waals surface area (Å²) in [6.07, 6.45) is -1.28. The SMILES string of the molecule is CC(=O)OC(C)C(O)c1ccccc1. The van der Waals surface area contributed by atoms with Crippen molar-refractivity contribution in [3.05, 3.63) is 35.9 Å². The molecule has 1 N–H and O–H groups in total. The van der Waals surface area contributed by atoms with Crippen molar-refractivity contribution in [1.82, 2.24) is 0 Å². The molecule has 0 aromatic heterocycles. The van der Waals surface area contributed by atoms with Gasteiger partial charge in [-0.2, -0.15) is 0 Å².